The maximum atomic E-state index is 11.7. The number of aliphatic hydroxyl groups excluding tert-OH is 1. The minimum absolute atomic E-state index is 0.0180. The first-order chi connectivity index (χ1) is 7.38. The monoisotopic (exact) mass is 222 g/mol. The predicted octanol–water partition coefficient (Wildman–Crippen LogP) is 2.73. The molecule has 1 rings (SSSR count). The van der Waals surface area contributed by atoms with Gasteiger partial charge in [0.15, 0.2) is 5.78 Å². The van der Waals surface area contributed by atoms with Crippen LogP contribution < -0.4 is 0 Å². The summed E-state index contributed by atoms with van der Waals surface area (Å²) in [5.74, 6) is 0.182. The lowest BCUT2D eigenvalue weighted by molar-refractivity contribution is -0.126. The Hall–Kier alpha value is -0.890. The Balaban J connectivity index is 2.87. The Morgan fingerprint density at radius 2 is 2.19 bits per heavy atom. The molecular formula is C14H22O2. The minimum Gasteiger partial charge on any atom is -0.389 e. The van der Waals surface area contributed by atoms with Gasteiger partial charge < -0.3 is 5.11 Å². The van der Waals surface area contributed by atoms with Crippen molar-refractivity contribution in [1.82, 2.24) is 0 Å². The largest absolute Gasteiger partial charge is 0.389 e. The SMILES string of the molecule is C=C(C)/C=C/C1C(C(=O)CO)CCC1(C)C. The molecule has 2 heteroatoms. The fraction of sp³-hybridized carbons (Fsp3) is 0.643. The molecule has 0 aromatic heterocycles. The molecule has 0 heterocycles. The number of carbonyl (C=O) groups excluding carboxylic acids is 1. The average Bonchev–Trinajstić information content (AvgIpc) is 2.49. The van der Waals surface area contributed by atoms with Gasteiger partial charge in [-0.2, -0.15) is 0 Å². The Kier molecular flexibility index (Phi) is 4.09. The van der Waals surface area contributed by atoms with Crippen LogP contribution in [0.25, 0.3) is 0 Å². The lowest BCUT2D eigenvalue weighted by atomic mass is 9.77. The Bertz CT molecular complexity index is 313. The smallest absolute Gasteiger partial charge is 0.161 e. The lowest BCUT2D eigenvalue weighted by Gasteiger charge is -2.27. The van der Waals surface area contributed by atoms with Crippen LogP contribution >= 0.6 is 0 Å². The number of hydrogen-bond acceptors (Lipinski definition) is 2. The molecule has 2 atom stereocenters. The standard InChI is InChI=1S/C14H22O2/c1-10(2)5-6-12-11(13(16)9-15)7-8-14(12,3)4/h5-6,11-12,15H,1,7-9H2,2-4H3/b6-5+. The van der Waals surface area contributed by atoms with E-state index in [2.05, 4.69) is 26.5 Å². The molecule has 0 aliphatic heterocycles. The van der Waals surface area contributed by atoms with Crippen molar-refractivity contribution in [1.29, 1.82) is 0 Å². The fourth-order valence-electron chi connectivity index (χ4n) is 2.56. The number of aliphatic hydroxyl groups is 1. The Morgan fingerprint density at radius 1 is 1.56 bits per heavy atom. The molecule has 1 aliphatic rings. The van der Waals surface area contributed by atoms with Crippen LogP contribution in [-0.2, 0) is 4.79 Å². The van der Waals surface area contributed by atoms with Gasteiger partial charge in [0.05, 0.1) is 0 Å². The zero-order chi connectivity index (χ0) is 12.3. The molecule has 0 bridgehead atoms. The van der Waals surface area contributed by atoms with E-state index in [0.29, 0.717) is 0 Å². The van der Waals surface area contributed by atoms with E-state index >= 15 is 0 Å². The summed E-state index contributed by atoms with van der Waals surface area (Å²) in [5, 5.41) is 8.97. The van der Waals surface area contributed by atoms with Crippen LogP contribution in [0.15, 0.2) is 24.3 Å². The van der Waals surface area contributed by atoms with Crippen molar-refractivity contribution in [2.45, 2.75) is 33.6 Å². The second kappa shape index (κ2) is 4.96. The van der Waals surface area contributed by atoms with E-state index in [1.54, 1.807) is 0 Å². The first-order valence-corrected chi connectivity index (χ1v) is 5.86. The average molecular weight is 222 g/mol. The van der Waals surface area contributed by atoms with Gasteiger partial charge in [-0.3, -0.25) is 4.79 Å². The van der Waals surface area contributed by atoms with Gasteiger partial charge in [0, 0.05) is 5.92 Å². The van der Waals surface area contributed by atoms with E-state index in [1.807, 2.05) is 13.0 Å². The molecule has 2 unspecified atom stereocenters. The molecule has 0 radical (unpaired) electrons. The number of rotatable bonds is 4. The topological polar surface area (TPSA) is 37.3 Å². The van der Waals surface area contributed by atoms with Crippen molar-refractivity contribution in [2.24, 2.45) is 17.3 Å². The molecule has 0 spiro atoms. The van der Waals surface area contributed by atoms with Crippen LogP contribution in [0.1, 0.15) is 33.6 Å². The molecule has 0 aromatic rings. The van der Waals surface area contributed by atoms with Gasteiger partial charge in [0.25, 0.3) is 0 Å². The summed E-state index contributed by atoms with van der Waals surface area (Å²) < 4.78 is 0. The number of ketones is 1. The summed E-state index contributed by atoms with van der Waals surface area (Å²) in [6.45, 7) is 9.81. The third-order valence-corrected chi connectivity index (χ3v) is 3.59. The molecule has 0 saturated heterocycles. The third-order valence-electron chi connectivity index (χ3n) is 3.59. The third kappa shape index (κ3) is 2.82. The van der Waals surface area contributed by atoms with Crippen molar-refractivity contribution >= 4 is 5.78 Å². The van der Waals surface area contributed by atoms with Crippen LogP contribution in [-0.4, -0.2) is 17.5 Å². The lowest BCUT2D eigenvalue weighted by Crippen LogP contribution is -2.27. The normalized spacial score (nSPS) is 28.5. The molecule has 1 fully saturated rings. The van der Waals surface area contributed by atoms with Crippen LogP contribution in [0, 0.1) is 17.3 Å². The number of hydrogen-bond donors (Lipinski definition) is 1. The highest BCUT2D eigenvalue weighted by Gasteiger charge is 2.43. The summed E-state index contributed by atoms with van der Waals surface area (Å²) in [4.78, 5) is 11.7. The Labute approximate surface area is 98.1 Å². The van der Waals surface area contributed by atoms with Crippen LogP contribution in [0.2, 0.25) is 0 Å². The number of Topliss-reactive ketones (excluding diaryl/α,β-unsaturated/α-hetero) is 1. The molecule has 1 aliphatic carbocycles. The van der Waals surface area contributed by atoms with E-state index in [9.17, 15) is 4.79 Å². The highest BCUT2D eigenvalue weighted by atomic mass is 16.3. The molecular weight excluding hydrogens is 200 g/mol. The van der Waals surface area contributed by atoms with Crippen molar-refractivity contribution in [3.05, 3.63) is 24.3 Å². The first kappa shape index (κ1) is 13.2. The van der Waals surface area contributed by atoms with E-state index in [0.717, 1.165) is 18.4 Å². The summed E-state index contributed by atoms with van der Waals surface area (Å²) in [6, 6.07) is 0. The highest BCUT2D eigenvalue weighted by Crippen LogP contribution is 2.47. The Morgan fingerprint density at radius 3 is 2.69 bits per heavy atom. The van der Waals surface area contributed by atoms with Gasteiger partial charge in [-0.15, -0.1) is 0 Å². The van der Waals surface area contributed by atoms with E-state index in [4.69, 9.17) is 5.11 Å². The van der Waals surface area contributed by atoms with Crippen molar-refractivity contribution in [3.63, 3.8) is 0 Å². The molecule has 1 N–H and O–H groups in total. The van der Waals surface area contributed by atoms with Crippen molar-refractivity contribution in [3.8, 4) is 0 Å². The van der Waals surface area contributed by atoms with Gasteiger partial charge in [0.2, 0.25) is 0 Å². The van der Waals surface area contributed by atoms with Gasteiger partial charge in [-0.05, 0) is 31.1 Å². The maximum absolute atomic E-state index is 11.7. The second-order valence-electron chi connectivity index (χ2n) is 5.49. The van der Waals surface area contributed by atoms with Gasteiger partial charge >= 0.3 is 0 Å². The minimum atomic E-state index is -0.335. The molecule has 90 valence electrons. The van der Waals surface area contributed by atoms with Crippen LogP contribution in [0.4, 0.5) is 0 Å². The molecule has 0 aromatic carbocycles. The summed E-state index contributed by atoms with van der Waals surface area (Å²) in [7, 11) is 0. The second-order valence-corrected chi connectivity index (χ2v) is 5.49. The molecule has 16 heavy (non-hydrogen) atoms. The first-order valence-electron chi connectivity index (χ1n) is 5.86. The molecule has 1 saturated carbocycles. The zero-order valence-corrected chi connectivity index (χ0v) is 10.5. The predicted molar refractivity (Wildman–Crippen MR) is 66.0 cm³/mol. The van der Waals surface area contributed by atoms with Crippen LogP contribution in [0.5, 0.6) is 0 Å². The quantitative estimate of drug-likeness (QED) is 0.743. The highest BCUT2D eigenvalue weighted by molar-refractivity contribution is 5.83. The van der Waals surface area contributed by atoms with Gasteiger partial charge in [-0.1, -0.05) is 38.2 Å². The maximum Gasteiger partial charge on any atom is 0.161 e. The van der Waals surface area contributed by atoms with Crippen molar-refractivity contribution in [2.75, 3.05) is 6.61 Å². The summed E-state index contributed by atoms with van der Waals surface area (Å²) in [6.07, 6.45) is 6.00. The summed E-state index contributed by atoms with van der Waals surface area (Å²) in [5.41, 5.74) is 1.14. The van der Waals surface area contributed by atoms with E-state index in [-0.39, 0.29) is 29.6 Å². The fourth-order valence-corrected chi connectivity index (χ4v) is 2.56. The van der Waals surface area contributed by atoms with E-state index in [1.165, 1.54) is 0 Å². The number of carbonyl (C=O) groups is 1. The van der Waals surface area contributed by atoms with Crippen LogP contribution in [0.3, 0.4) is 0 Å². The summed E-state index contributed by atoms with van der Waals surface area (Å²) >= 11 is 0. The van der Waals surface area contributed by atoms with Gasteiger partial charge in [0.1, 0.15) is 6.61 Å². The number of allylic oxidation sites excluding steroid dienone is 3. The van der Waals surface area contributed by atoms with Gasteiger partial charge in [-0.25, -0.2) is 0 Å². The van der Waals surface area contributed by atoms with E-state index < -0.39 is 0 Å². The zero-order valence-electron chi connectivity index (χ0n) is 10.5. The molecule has 2 nitrogen and oxygen atoms in total. The van der Waals surface area contributed by atoms with Crippen molar-refractivity contribution < 1.29 is 9.90 Å². The molecule has 0 amide bonds.